The molecule has 2 N–H and O–H groups in total. The smallest absolute Gasteiger partial charge is 0.319 e. The van der Waals surface area contributed by atoms with E-state index in [2.05, 4.69) is 24.5 Å². The average Bonchev–Trinajstić information content (AvgIpc) is 3.13. The lowest BCUT2D eigenvalue weighted by molar-refractivity contribution is 0.174. The third-order valence-electron chi connectivity index (χ3n) is 4.49. The van der Waals surface area contributed by atoms with E-state index in [1.165, 1.54) is 0 Å². The standard InChI is InChI=1S/C20H24N2O5/c1-20(2,13-5-7-15(24-3)17(9-13)25-4)11-21-19(23)22-14-6-8-16-18(10-14)27-12-26-16/h5-10H,11-12H2,1-4H3,(H2,21,22,23). The van der Waals surface area contributed by atoms with E-state index in [1.54, 1.807) is 32.4 Å². The highest BCUT2D eigenvalue weighted by molar-refractivity contribution is 5.89. The number of rotatable bonds is 6. The Balaban J connectivity index is 1.62. The van der Waals surface area contributed by atoms with Crippen molar-refractivity contribution in [3.63, 3.8) is 0 Å². The van der Waals surface area contributed by atoms with Crippen molar-refractivity contribution in [3.8, 4) is 23.0 Å². The fourth-order valence-electron chi connectivity index (χ4n) is 2.81. The van der Waals surface area contributed by atoms with Gasteiger partial charge < -0.3 is 29.6 Å². The Morgan fingerprint density at radius 2 is 1.78 bits per heavy atom. The molecule has 27 heavy (non-hydrogen) atoms. The number of urea groups is 1. The van der Waals surface area contributed by atoms with Crippen LogP contribution in [0.2, 0.25) is 0 Å². The second-order valence-electron chi connectivity index (χ2n) is 6.83. The molecule has 0 spiro atoms. The van der Waals surface area contributed by atoms with Gasteiger partial charge in [-0.25, -0.2) is 4.79 Å². The van der Waals surface area contributed by atoms with E-state index in [4.69, 9.17) is 18.9 Å². The summed E-state index contributed by atoms with van der Waals surface area (Å²) in [4.78, 5) is 12.3. The van der Waals surface area contributed by atoms with Gasteiger partial charge in [0, 0.05) is 23.7 Å². The molecule has 0 aliphatic carbocycles. The second kappa shape index (κ2) is 7.65. The molecular weight excluding hydrogens is 348 g/mol. The van der Waals surface area contributed by atoms with Crippen molar-refractivity contribution >= 4 is 11.7 Å². The number of methoxy groups -OCH3 is 2. The van der Waals surface area contributed by atoms with Gasteiger partial charge in [0.1, 0.15) is 0 Å². The molecule has 0 atom stereocenters. The zero-order chi connectivity index (χ0) is 19.4. The molecule has 1 aliphatic heterocycles. The number of amides is 2. The van der Waals surface area contributed by atoms with Crippen LogP contribution in [0.15, 0.2) is 36.4 Å². The predicted molar refractivity (Wildman–Crippen MR) is 102 cm³/mol. The first-order chi connectivity index (χ1) is 12.9. The molecule has 0 bridgehead atoms. The third kappa shape index (κ3) is 4.19. The normalized spacial score (nSPS) is 12.4. The predicted octanol–water partition coefficient (Wildman–Crippen LogP) is 3.53. The van der Waals surface area contributed by atoms with Crippen LogP contribution in [-0.2, 0) is 5.41 Å². The summed E-state index contributed by atoms with van der Waals surface area (Å²) in [6.45, 7) is 4.74. The largest absolute Gasteiger partial charge is 0.493 e. The second-order valence-corrected chi connectivity index (χ2v) is 6.83. The van der Waals surface area contributed by atoms with E-state index in [-0.39, 0.29) is 18.2 Å². The molecule has 2 amide bonds. The fourth-order valence-corrected chi connectivity index (χ4v) is 2.81. The minimum atomic E-state index is -0.300. The minimum Gasteiger partial charge on any atom is -0.493 e. The number of hydrogen-bond donors (Lipinski definition) is 2. The van der Waals surface area contributed by atoms with Crippen LogP contribution in [0.5, 0.6) is 23.0 Å². The molecule has 7 nitrogen and oxygen atoms in total. The van der Waals surface area contributed by atoms with Crippen molar-refractivity contribution < 1.29 is 23.7 Å². The summed E-state index contributed by atoms with van der Waals surface area (Å²) in [5, 5.41) is 5.72. The number of anilines is 1. The zero-order valence-corrected chi connectivity index (χ0v) is 15.9. The molecule has 3 rings (SSSR count). The highest BCUT2D eigenvalue weighted by Crippen LogP contribution is 2.34. The van der Waals surface area contributed by atoms with Crippen LogP contribution in [0.25, 0.3) is 0 Å². The van der Waals surface area contributed by atoms with Gasteiger partial charge in [-0.15, -0.1) is 0 Å². The molecule has 7 heteroatoms. The Bertz CT molecular complexity index is 835. The molecule has 0 radical (unpaired) electrons. The lowest BCUT2D eigenvalue weighted by Crippen LogP contribution is -2.39. The Labute approximate surface area is 158 Å². The number of ether oxygens (including phenoxy) is 4. The Kier molecular flexibility index (Phi) is 5.30. The maximum Gasteiger partial charge on any atom is 0.319 e. The van der Waals surface area contributed by atoms with Gasteiger partial charge >= 0.3 is 6.03 Å². The first-order valence-corrected chi connectivity index (χ1v) is 8.60. The van der Waals surface area contributed by atoms with E-state index in [1.807, 2.05) is 18.2 Å². The van der Waals surface area contributed by atoms with Crippen LogP contribution in [0, 0.1) is 0 Å². The lowest BCUT2D eigenvalue weighted by Gasteiger charge is -2.26. The Hall–Kier alpha value is -3.09. The van der Waals surface area contributed by atoms with Crippen LogP contribution < -0.4 is 29.6 Å². The number of fused-ring (bicyclic) bond motifs is 1. The highest BCUT2D eigenvalue weighted by atomic mass is 16.7. The van der Waals surface area contributed by atoms with Crippen LogP contribution >= 0.6 is 0 Å². The third-order valence-corrected chi connectivity index (χ3v) is 4.49. The molecule has 0 saturated carbocycles. The summed E-state index contributed by atoms with van der Waals surface area (Å²) >= 11 is 0. The first-order valence-electron chi connectivity index (χ1n) is 8.60. The number of hydrogen-bond acceptors (Lipinski definition) is 5. The van der Waals surface area contributed by atoms with Crippen molar-refractivity contribution in [2.24, 2.45) is 0 Å². The summed E-state index contributed by atoms with van der Waals surface area (Å²) in [7, 11) is 3.20. The van der Waals surface area contributed by atoms with Crippen molar-refractivity contribution in [1.29, 1.82) is 0 Å². The minimum absolute atomic E-state index is 0.199. The van der Waals surface area contributed by atoms with Gasteiger partial charge in [-0.3, -0.25) is 0 Å². The van der Waals surface area contributed by atoms with Crippen molar-refractivity contribution in [3.05, 3.63) is 42.0 Å². The zero-order valence-electron chi connectivity index (χ0n) is 15.9. The van der Waals surface area contributed by atoms with Crippen LogP contribution in [0.3, 0.4) is 0 Å². The molecule has 144 valence electrons. The van der Waals surface area contributed by atoms with Crippen LogP contribution in [0.4, 0.5) is 10.5 Å². The highest BCUT2D eigenvalue weighted by Gasteiger charge is 2.23. The molecule has 1 aliphatic rings. The van der Waals surface area contributed by atoms with Crippen molar-refractivity contribution in [2.75, 3.05) is 32.9 Å². The molecule has 0 aromatic heterocycles. The van der Waals surface area contributed by atoms with Crippen molar-refractivity contribution in [1.82, 2.24) is 5.32 Å². The van der Waals surface area contributed by atoms with E-state index >= 15 is 0 Å². The Morgan fingerprint density at radius 3 is 2.52 bits per heavy atom. The molecule has 2 aromatic rings. The number of carbonyl (C=O) groups is 1. The molecule has 0 saturated heterocycles. The van der Waals surface area contributed by atoms with Gasteiger partial charge in [-0.1, -0.05) is 19.9 Å². The van der Waals surface area contributed by atoms with Gasteiger partial charge in [0.15, 0.2) is 23.0 Å². The monoisotopic (exact) mass is 372 g/mol. The van der Waals surface area contributed by atoms with Gasteiger partial charge in [0.25, 0.3) is 0 Å². The molecule has 0 fully saturated rings. The fraction of sp³-hybridized carbons (Fsp3) is 0.350. The average molecular weight is 372 g/mol. The lowest BCUT2D eigenvalue weighted by atomic mass is 9.84. The van der Waals surface area contributed by atoms with Gasteiger partial charge in [0.05, 0.1) is 14.2 Å². The van der Waals surface area contributed by atoms with E-state index in [9.17, 15) is 4.79 Å². The Morgan fingerprint density at radius 1 is 1.04 bits per heavy atom. The first kappa shape index (κ1) is 18.7. The van der Waals surface area contributed by atoms with E-state index in [0.717, 1.165) is 5.56 Å². The summed E-state index contributed by atoms with van der Waals surface area (Å²) in [5.41, 5.74) is 1.37. The summed E-state index contributed by atoms with van der Waals surface area (Å²) in [6, 6.07) is 10.7. The number of carbonyl (C=O) groups excluding carboxylic acids is 1. The van der Waals surface area contributed by atoms with Crippen LogP contribution in [0.1, 0.15) is 19.4 Å². The van der Waals surface area contributed by atoms with Gasteiger partial charge in [0.2, 0.25) is 6.79 Å². The van der Waals surface area contributed by atoms with Crippen LogP contribution in [-0.4, -0.2) is 33.6 Å². The van der Waals surface area contributed by atoms with Gasteiger partial charge in [-0.05, 0) is 29.8 Å². The summed E-state index contributed by atoms with van der Waals surface area (Å²) in [5.74, 6) is 2.63. The quantitative estimate of drug-likeness (QED) is 0.811. The molecule has 2 aromatic carbocycles. The SMILES string of the molecule is COc1ccc(C(C)(C)CNC(=O)Nc2ccc3c(c2)OCO3)cc1OC. The maximum atomic E-state index is 12.3. The molecular formula is C20H24N2O5. The summed E-state index contributed by atoms with van der Waals surface area (Å²) in [6.07, 6.45) is 0. The molecule has 0 unspecified atom stereocenters. The summed E-state index contributed by atoms with van der Waals surface area (Å²) < 4.78 is 21.2. The van der Waals surface area contributed by atoms with Crippen molar-refractivity contribution in [2.45, 2.75) is 19.3 Å². The van der Waals surface area contributed by atoms with Gasteiger partial charge in [-0.2, -0.15) is 0 Å². The number of nitrogens with one attached hydrogen (secondary N) is 2. The maximum absolute atomic E-state index is 12.3. The molecule has 1 heterocycles. The van der Waals surface area contributed by atoms with E-state index in [0.29, 0.717) is 35.2 Å². The topological polar surface area (TPSA) is 78.1 Å². The number of benzene rings is 2. The van der Waals surface area contributed by atoms with E-state index < -0.39 is 0 Å².